The molecule has 2 aliphatic heterocycles. The van der Waals surface area contributed by atoms with Crippen molar-refractivity contribution in [1.29, 1.82) is 0 Å². The number of amides is 2. The Kier molecular flexibility index (Phi) is 3.81. The summed E-state index contributed by atoms with van der Waals surface area (Å²) in [6, 6.07) is 11.9. The maximum absolute atomic E-state index is 12.8. The number of rotatable bonds is 3. The highest BCUT2D eigenvalue weighted by Gasteiger charge is 2.46. The molecule has 1 aromatic carbocycles. The molecule has 6 nitrogen and oxygen atoms in total. The molecular formula is C21H24N4O2. The van der Waals surface area contributed by atoms with E-state index in [4.69, 9.17) is 0 Å². The third kappa shape index (κ3) is 3.03. The predicted molar refractivity (Wildman–Crippen MR) is 100 cm³/mol. The molecule has 1 aromatic heterocycles. The number of H-pyrrole nitrogens is 1. The van der Waals surface area contributed by atoms with Crippen molar-refractivity contribution in [3.63, 3.8) is 0 Å². The molecule has 27 heavy (non-hydrogen) atoms. The summed E-state index contributed by atoms with van der Waals surface area (Å²) in [7, 11) is 0. The Morgan fingerprint density at radius 1 is 1.15 bits per heavy atom. The average molecular weight is 364 g/mol. The largest absolute Gasteiger partial charge is 0.350 e. The van der Waals surface area contributed by atoms with Crippen molar-refractivity contribution >= 4 is 11.8 Å². The Balaban J connectivity index is 1.24. The molecule has 0 bridgehead atoms. The molecule has 3 heterocycles. The van der Waals surface area contributed by atoms with Crippen LogP contribution in [-0.4, -0.2) is 45.5 Å². The van der Waals surface area contributed by atoms with E-state index in [1.807, 2.05) is 41.3 Å². The molecule has 0 unspecified atom stereocenters. The summed E-state index contributed by atoms with van der Waals surface area (Å²) in [6.45, 7) is 1.32. The van der Waals surface area contributed by atoms with Crippen molar-refractivity contribution < 1.29 is 9.59 Å². The van der Waals surface area contributed by atoms with Gasteiger partial charge in [-0.3, -0.25) is 14.7 Å². The van der Waals surface area contributed by atoms with E-state index >= 15 is 0 Å². The number of aromatic nitrogens is 2. The average Bonchev–Trinajstić information content (AvgIpc) is 3.34. The minimum absolute atomic E-state index is 0.00284. The van der Waals surface area contributed by atoms with E-state index in [0.717, 1.165) is 30.5 Å². The van der Waals surface area contributed by atoms with Crippen LogP contribution >= 0.6 is 0 Å². The zero-order valence-electron chi connectivity index (χ0n) is 15.3. The molecule has 1 saturated carbocycles. The van der Waals surface area contributed by atoms with E-state index in [1.54, 1.807) is 0 Å². The zero-order valence-corrected chi connectivity index (χ0v) is 15.3. The van der Waals surface area contributed by atoms with E-state index in [9.17, 15) is 9.59 Å². The van der Waals surface area contributed by atoms with Crippen LogP contribution in [-0.2, 0) is 4.79 Å². The summed E-state index contributed by atoms with van der Waals surface area (Å²) in [5.74, 6) is 0.590. The van der Waals surface area contributed by atoms with Gasteiger partial charge in [0.25, 0.3) is 5.91 Å². The molecule has 2 N–H and O–H groups in total. The summed E-state index contributed by atoms with van der Waals surface area (Å²) < 4.78 is 0. The van der Waals surface area contributed by atoms with Crippen molar-refractivity contribution in [2.45, 2.75) is 49.5 Å². The lowest BCUT2D eigenvalue weighted by Crippen LogP contribution is -2.52. The number of nitrogens with one attached hydrogen (secondary N) is 2. The molecule has 2 amide bonds. The monoisotopic (exact) mass is 364 g/mol. The summed E-state index contributed by atoms with van der Waals surface area (Å²) in [5.41, 5.74) is 2.50. The van der Waals surface area contributed by atoms with Crippen molar-refractivity contribution in [1.82, 2.24) is 20.4 Å². The lowest BCUT2D eigenvalue weighted by molar-refractivity contribution is -0.121. The standard InChI is InChI=1S/C21H24N4O2/c26-19-16(14-4-2-1-3-5-14)13-21(22-19)8-10-25(11-9-21)20(27)18-12-17(23-24-18)15-6-7-15/h1-5,12,15-16H,6-11,13H2,(H,22,26)(H,23,24)/t16-/m1/s1. The first kappa shape index (κ1) is 16.5. The Hall–Kier alpha value is -2.63. The van der Waals surface area contributed by atoms with Gasteiger partial charge in [0.05, 0.1) is 5.92 Å². The van der Waals surface area contributed by atoms with Crippen LogP contribution in [0.1, 0.15) is 65.7 Å². The number of carbonyl (C=O) groups is 2. The first-order valence-corrected chi connectivity index (χ1v) is 9.85. The fourth-order valence-electron chi connectivity index (χ4n) is 4.52. The van der Waals surface area contributed by atoms with Crippen LogP contribution in [0.5, 0.6) is 0 Å². The minimum Gasteiger partial charge on any atom is -0.350 e. The van der Waals surface area contributed by atoms with Crippen LogP contribution in [0.2, 0.25) is 0 Å². The number of nitrogens with zero attached hydrogens (tertiary/aromatic N) is 2. The number of carbonyl (C=O) groups excluding carboxylic acids is 2. The van der Waals surface area contributed by atoms with Gasteiger partial charge in [0.1, 0.15) is 5.69 Å². The number of aromatic amines is 1. The van der Waals surface area contributed by atoms with Gasteiger partial charge < -0.3 is 10.2 Å². The predicted octanol–water partition coefficient (Wildman–Crippen LogP) is 2.57. The SMILES string of the molecule is O=C1NC2(CCN(C(=O)c3cc(C4CC4)[nH]n3)CC2)C[C@@H]1c1ccccc1. The van der Waals surface area contributed by atoms with Crippen molar-refractivity contribution in [3.8, 4) is 0 Å². The molecule has 1 spiro atoms. The summed E-state index contributed by atoms with van der Waals surface area (Å²) in [4.78, 5) is 27.2. The van der Waals surface area contributed by atoms with Gasteiger partial charge >= 0.3 is 0 Å². The normalized spacial score (nSPS) is 24.2. The van der Waals surface area contributed by atoms with E-state index in [2.05, 4.69) is 15.5 Å². The Morgan fingerprint density at radius 2 is 1.89 bits per heavy atom. The lowest BCUT2D eigenvalue weighted by Gasteiger charge is -2.39. The number of hydrogen-bond donors (Lipinski definition) is 2. The second-order valence-corrected chi connectivity index (χ2v) is 8.21. The van der Waals surface area contributed by atoms with Crippen molar-refractivity contribution in [2.75, 3.05) is 13.1 Å². The quantitative estimate of drug-likeness (QED) is 0.879. The third-order valence-corrected chi connectivity index (χ3v) is 6.34. The maximum Gasteiger partial charge on any atom is 0.274 e. The van der Waals surface area contributed by atoms with Crippen LogP contribution in [0.25, 0.3) is 0 Å². The molecule has 2 aromatic rings. The fourth-order valence-corrected chi connectivity index (χ4v) is 4.52. The molecule has 1 aliphatic carbocycles. The fraction of sp³-hybridized carbons (Fsp3) is 0.476. The maximum atomic E-state index is 12.8. The van der Waals surface area contributed by atoms with Gasteiger partial charge in [-0.1, -0.05) is 30.3 Å². The topological polar surface area (TPSA) is 78.1 Å². The molecule has 3 aliphatic rings. The highest BCUT2D eigenvalue weighted by atomic mass is 16.2. The van der Waals surface area contributed by atoms with Gasteiger partial charge in [0.15, 0.2) is 0 Å². The zero-order chi connectivity index (χ0) is 18.4. The van der Waals surface area contributed by atoms with Gasteiger partial charge in [-0.05, 0) is 43.7 Å². The van der Waals surface area contributed by atoms with Crippen molar-refractivity contribution in [3.05, 3.63) is 53.3 Å². The summed E-state index contributed by atoms with van der Waals surface area (Å²) in [5, 5.41) is 10.5. The van der Waals surface area contributed by atoms with E-state index < -0.39 is 0 Å². The van der Waals surface area contributed by atoms with Crippen LogP contribution in [0.4, 0.5) is 0 Å². The van der Waals surface area contributed by atoms with Gasteiger partial charge in [0.2, 0.25) is 5.91 Å². The first-order chi connectivity index (χ1) is 13.1. The number of hydrogen-bond acceptors (Lipinski definition) is 3. The minimum atomic E-state index is -0.181. The van der Waals surface area contributed by atoms with Gasteiger partial charge in [-0.2, -0.15) is 5.10 Å². The second kappa shape index (κ2) is 6.22. The van der Waals surface area contributed by atoms with Crippen LogP contribution in [0.3, 0.4) is 0 Å². The number of benzene rings is 1. The van der Waals surface area contributed by atoms with E-state index in [1.165, 1.54) is 12.8 Å². The molecule has 140 valence electrons. The van der Waals surface area contributed by atoms with Gasteiger partial charge in [0, 0.05) is 30.2 Å². The molecule has 6 heteroatoms. The molecular weight excluding hydrogens is 340 g/mol. The Bertz CT molecular complexity index is 863. The highest BCUT2D eigenvalue weighted by Crippen LogP contribution is 2.40. The number of likely N-dealkylation sites (tertiary alicyclic amines) is 1. The third-order valence-electron chi connectivity index (χ3n) is 6.34. The summed E-state index contributed by atoms with van der Waals surface area (Å²) in [6.07, 6.45) is 4.78. The van der Waals surface area contributed by atoms with Gasteiger partial charge in [-0.25, -0.2) is 0 Å². The highest BCUT2D eigenvalue weighted by molar-refractivity contribution is 5.92. The molecule has 1 atom stereocenters. The molecule has 5 rings (SSSR count). The Morgan fingerprint density at radius 3 is 2.59 bits per heavy atom. The lowest BCUT2D eigenvalue weighted by atomic mass is 9.82. The van der Waals surface area contributed by atoms with Crippen LogP contribution < -0.4 is 5.32 Å². The molecule has 0 radical (unpaired) electrons. The van der Waals surface area contributed by atoms with Crippen molar-refractivity contribution in [2.24, 2.45) is 0 Å². The number of piperidine rings is 1. The van der Waals surface area contributed by atoms with E-state index in [-0.39, 0.29) is 23.3 Å². The van der Waals surface area contributed by atoms with Crippen LogP contribution in [0.15, 0.2) is 36.4 Å². The summed E-state index contributed by atoms with van der Waals surface area (Å²) >= 11 is 0. The molecule has 2 saturated heterocycles. The van der Waals surface area contributed by atoms with Crippen LogP contribution in [0, 0.1) is 0 Å². The van der Waals surface area contributed by atoms with E-state index in [0.29, 0.717) is 24.7 Å². The second-order valence-electron chi connectivity index (χ2n) is 8.21. The Labute approximate surface area is 158 Å². The van der Waals surface area contributed by atoms with Gasteiger partial charge in [-0.15, -0.1) is 0 Å². The first-order valence-electron chi connectivity index (χ1n) is 9.85. The smallest absolute Gasteiger partial charge is 0.274 e. The molecule has 3 fully saturated rings.